The van der Waals surface area contributed by atoms with Crippen LogP contribution < -0.4 is 10.6 Å². The first-order valence-electron chi connectivity index (χ1n) is 9.45. The highest BCUT2D eigenvalue weighted by molar-refractivity contribution is 5.85. The van der Waals surface area contributed by atoms with Gasteiger partial charge in [-0.25, -0.2) is 15.0 Å². The number of aliphatic hydroxyl groups excluding tert-OH is 3. The summed E-state index contributed by atoms with van der Waals surface area (Å²) in [6.45, 7) is 4.81. The van der Waals surface area contributed by atoms with Crippen molar-refractivity contribution in [1.29, 1.82) is 0 Å². The average Bonchev–Trinajstić information content (AvgIpc) is 3.35. The van der Waals surface area contributed by atoms with Crippen molar-refractivity contribution in [3.05, 3.63) is 6.33 Å². The van der Waals surface area contributed by atoms with E-state index in [0.29, 0.717) is 36.1 Å². The molecule has 154 valence electrons. The van der Waals surface area contributed by atoms with Gasteiger partial charge >= 0.3 is 0 Å². The van der Waals surface area contributed by atoms with Crippen LogP contribution in [0, 0.1) is 0 Å². The Kier molecular flexibility index (Phi) is 5.34. The summed E-state index contributed by atoms with van der Waals surface area (Å²) < 4.78 is 12.7. The smallest absolute Gasteiger partial charge is 0.207 e. The van der Waals surface area contributed by atoms with Gasteiger partial charge in [-0.3, -0.25) is 4.57 Å². The number of hydrogen-bond donors (Lipinski definition) is 5. The van der Waals surface area contributed by atoms with E-state index in [-0.39, 0.29) is 12.1 Å². The molecule has 0 amide bonds. The number of aliphatic hydroxyl groups is 3. The van der Waals surface area contributed by atoms with Gasteiger partial charge in [-0.05, 0) is 20.3 Å². The van der Waals surface area contributed by atoms with E-state index < -0.39 is 31.1 Å². The van der Waals surface area contributed by atoms with Gasteiger partial charge < -0.3 is 35.4 Å². The van der Waals surface area contributed by atoms with Crippen molar-refractivity contribution in [3.8, 4) is 0 Å². The number of ether oxygens (including phenoxy) is 2. The minimum Gasteiger partial charge on any atom is -0.394 e. The fourth-order valence-electron chi connectivity index (χ4n) is 3.55. The molecule has 2 aromatic heterocycles. The molecule has 0 aromatic carbocycles. The normalized spacial score (nSPS) is 30.4. The first-order valence-corrected chi connectivity index (χ1v) is 9.45. The molecule has 4 rings (SSSR count). The molecule has 4 heterocycles. The van der Waals surface area contributed by atoms with Crippen LogP contribution in [0.4, 0.5) is 11.8 Å². The lowest BCUT2D eigenvalue weighted by Gasteiger charge is -2.20. The standard InChI is InChI=1S/C17H26N6O5/c1-8(2)20-17-22-11-14(21-9-3-4-27-6-9)18-7-19-15(11)23(17)16-13(26)12(25)10(5-24)28-16/h7-10,12-13,16,24-26H,3-6H2,1-2H3,(H,20,22)(H,18,19,21)/t9?,10-,12-,13-,16+/m1/s1. The van der Waals surface area contributed by atoms with Crippen LogP contribution in [0.3, 0.4) is 0 Å². The first-order chi connectivity index (χ1) is 13.5. The van der Waals surface area contributed by atoms with Crippen LogP contribution >= 0.6 is 0 Å². The first kappa shape index (κ1) is 19.3. The molecular weight excluding hydrogens is 368 g/mol. The van der Waals surface area contributed by atoms with Crippen LogP contribution in [0.5, 0.6) is 0 Å². The summed E-state index contributed by atoms with van der Waals surface area (Å²) in [5.74, 6) is 1.00. The van der Waals surface area contributed by atoms with E-state index in [2.05, 4.69) is 25.6 Å². The zero-order chi connectivity index (χ0) is 19.8. The molecule has 2 fully saturated rings. The minimum absolute atomic E-state index is 0.0558. The van der Waals surface area contributed by atoms with Crippen LogP contribution in [0.2, 0.25) is 0 Å². The molecule has 5 atom stereocenters. The summed E-state index contributed by atoms with van der Waals surface area (Å²) >= 11 is 0. The molecule has 5 N–H and O–H groups in total. The van der Waals surface area contributed by atoms with Crippen molar-refractivity contribution in [2.24, 2.45) is 0 Å². The van der Waals surface area contributed by atoms with Gasteiger partial charge in [0.1, 0.15) is 24.6 Å². The lowest BCUT2D eigenvalue weighted by Crippen LogP contribution is -2.33. The van der Waals surface area contributed by atoms with Crippen molar-refractivity contribution in [2.45, 2.75) is 56.9 Å². The Labute approximate surface area is 161 Å². The summed E-state index contributed by atoms with van der Waals surface area (Å²) in [5.41, 5.74) is 0.977. The Morgan fingerprint density at radius 1 is 1.29 bits per heavy atom. The second kappa shape index (κ2) is 7.76. The number of hydrogen-bond acceptors (Lipinski definition) is 10. The maximum atomic E-state index is 10.5. The number of rotatable bonds is 6. The predicted octanol–water partition coefficient (Wildman–Crippen LogP) is -0.541. The quantitative estimate of drug-likeness (QED) is 0.433. The Morgan fingerprint density at radius 3 is 2.75 bits per heavy atom. The van der Waals surface area contributed by atoms with Crippen LogP contribution in [0.25, 0.3) is 11.2 Å². The van der Waals surface area contributed by atoms with Crippen molar-refractivity contribution in [2.75, 3.05) is 30.5 Å². The summed E-state index contributed by atoms with van der Waals surface area (Å²) in [7, 11) is 0. The van der Waals surface area contributed by atoms with E-state index >= 15 is 0 Å². The number of fused-ring (bicyclic) bond motifs is 1. The molecule has 11 heteroatoms. The van der Waals surface area contributed by atoms with Gasteiger partial charge in [0.15, 0.2) is 23.2 Å². The van der Waals surface area contributed by atoms with Gasteiger partial charge in [-0.1, -0.05) is 0 Å². The fraction of sp³-hybridized carbons (Fsp3) is 0.706. The Bertz CT molecular complexity index is 824. The summed E-state index contributed by atoms with van der Waals surface area (Å²) in [4.78, 5) is 13.3. The van der Waals surface area contributed by atoms with Crippen molar-refractivity contribution in [3.63, 3.8) is 0 Å². The zero-order valence-electron chi connectivity index (χ0n) is 15.8. The van der Waals surface area contributed by atoms with Gasteiger partial charge in [0.05, 0.1) is 19.3 Å². The van der Waals surface area contributed by atoms with Gasteiger partial charge in [0.2, 0.25) is 5.95 Å². The van der Waals surface area contributed by atoms with Crippen LogP contribution in [-0.2, 0) is 9.47 Å². The molecule has 2 aliphatic heterocycles. The van der Waals surface area contributed by atoms with E-state index in [0.717, 1.165) is 6.42 Å². The second-order valence-electron chi connectivity index (χ2n) is 7.43. The Balaban J connectivity index is 1.77. The van der Waals surface area contributed by atoms with E-state index in [1.807, 2.05) is 13.8 Å². The highest BCUT2D eigenvalue weighted by Gasteiger charge is 2.45. The zero-order valence-corrected chi connectivity index (χ0v) is 15.8. The van der Waals surface area contributed by atoms with E-state index in [1.165, 1.54) is 6.33 Å². The maximum Gasteiger partial charge on any atom is 0.207 e. The van der Waals surface area contributed by atoms with Gasteiger partial charge in [0.25, 0.3) is 0 Å². The third-order valence-corrected chi connectivity index (χ3v) is 4.94. The molecule has 11 nitrogen and oxygen atoms in total. The monoisotopic (exact) mass is 394 g/mol. The molecule has 0 bridgehead atoms. The van der Waals surface area contributed by atoms with Crippen LogP contribution in [0.1, 0.15) is 26.5 Å². The van der Waals surface area contributed by atoms with Crippen molar-refractivity contribution < 1.29 is 24.8 Å². The number of imidazole rings is 1. The molecule has 28 heavy (non-hydrogen) atoms. The topological polar surface area (TPSA) is 147 Å². The molecule has 1 unspecified atom stereocenters. The average molecular weight is 394 g/mol. The Morgan fingerprint density at radius 2 is 2.11 bits per heavy atom. The van der Waals surface area contributed by atoms with Gasteiger partial charge in [0, 0.05) is 12.6 Å². The highest BCUT2D eigenvalue weighted by Crippen LogP contribution is 2.35. The van der Waals surface area contributed by atoms with Crippen LogP contribution in [-0.4, -0.2) is 85.1 Å². The third kappa shape index (κ3) is 3.40. The number of nitrogens with zero attached hydrogens (tertiary/aromatic N) is 4. The molecule has 2 aromatic rings. The van der Waals surface area contributed by atoms with Gasteiger partial charge in [-0.2, -0.15) is 0 Å². The largest absolute Gasteiger partial charge is 0.394 e. The van der Waals surface area contributed by atoms with Crippen molar-refractivity contribution in [1.82, 2.24) is 19.5 Å². The lowest BCUT2D eigenvalue weighted by molar-refractivity contribution is -0.0501. The number of aromatic nitrogens is 4. The molecule has 2 aliphatic rings. The highest BCUT2D eigenvalue weighted by atomic mass is 16.6. The molecule has 0 saturated carbocycles. The molecule has 0 radical (unpaired) electrons. The van der Waals surface area contributed by atoms with E-state index in [4.69, 9.17) is 9.47 Å². The minimum atomic E-state index is -1.24. The SMILES string of the molecule is CC(C)Nc1nc2c(NC3CCOC3)ncnc2n1[C@H]1O[C@H](CO)[C@@H](O)[C@H]1O. The maximum absolute atomic E-state index is 10.5. The van der Waals surface area contributed by atoms with Crippen LogP contribution in [0.15, 0.2) is 6.33 Å². The molecule has 0 aliphatic carbocycles. The van der Waals surface area contributed by atoms with E-state index in [9.17, 15) is 15.3 Å². The fourth-order valence-corrected chi connectivity index (χ4v) is 3.55. The summed E-state index contributed by atoms with van der Waals surface area (Å²) in [6, 6.07) is 0.193. The molecular formula is C17H26N6O5. The summed E-state index contributed by atoms with van der Waals surface area (Å²) in [5, 5.41) is 36.7. The third-order valence-electron chi connectivity index (χ3n) is 4.94. The molecule has 0 spiro atoms. The number of nitrogens with one attached hydrogen (secondary N) is 2. The van der Waals surface area contributed by atoms with Gasteiger partial charge in [-0.15, -0.1) is 0 Å². The van der Waals surface area contributed by atoms with Crippen molar-refractivity contribution >= 4 is 22.9 Å². The lowest BCUT2D eigenvalue weighted by atomic mass is 10.1. The predicted molar refractivity (Wildman–Crippen MR) is 99.9 cm³/mol. The number of anilines is 2. The Hall–Kier alpha value is -2.05. The second-order valence-corrected chi connectivity index (χ2v) is 7.43. The molecule has 2 saturated heterocycles. The van der Waals surface area contributed by atoms with E-state index in [1.54, 1.807) is 4.57 Å². The summed E-state index contributed by atoms with van der Waals surface area (Å²) in [6.07, 6.45) is -2.00.